The molecule has 2 aromatic carbocycles. The van der Waals surface area contributed by atoms with Gasteiger partial charge in [-0.1, -0.05) is 29.8 Å². The highest BCUT2D eigenvalue weighted by atomic mass is 35.5. The van der Waals surface area contributed by atoms with E-state index in [1.165, 1.54) is 12.1 Å². The van der Waals surface area contributed by atoms with Crippen molar-refractivity contribution in [1.29, 1.82) is 0 Å². The van der Waals surface area contributed by atoms with Crippen molar-refractivity contribution in [3.05, 3.63) is 64.9 Å². The van der Waals surface area contributed by atoms with Crippen LogP contribution in [0.3, 0.4) is 0 Å². The highest BCUT2D eigenvalue weighted by Crippen LogP contribution is 2.28. The van der Waals surface area contributed by atoms with Gasteiger partial charge in [0.1, 0.15) is 5.82 Å². The second-order valence-corrected chi connectivity index (χ2v) is 7.39. The van der Waals surface area contributed by atoms with Crippen molar-refractivity contribution in [3.8, 4) is 0 Å². The van der Waals surface area contributed by atoms with Gasteiger partial charge in [-0.05, 0) is 35.9 Å². The summed E-state index contributed by atoms with van der Waals surface area (Å²) in [4.78, 5) is 17.3. The zero-order valence-electron chi connectivity index (χ0n) is 14.9. The number of nitrogens with one attached hydrogen (secondary N) is 2. The molecular weight excluding hydrogens is 367 g/mol. The Morgan fingerprint density at radius 3 is 2.52 bits per heavy atom. The molecule has 2 atom stereocenters. The smallest absolute Gasteiger partial charge is 0.229 e. The van der Waals surface area contributed by atoms with Crippen molar-refractivity contribution >= 4 is 23.2 Å². The summed E-state index contributed by atoms with van der Waals surface area (Å²) in [7, 11) is 0. The van der Waals surface area contributed by atoms with Crippen molar-refractivity contribution in [1.82, 2.24) is 15.8 Å². The summed E-state index contributed by atoms with van der Waals surface area (Å²) in [5, 5.41) is 0.719. The van der Waals surface area contributed by atoms with Gasteiger partial charge in [0.2, 0.25) is 5.91 Å². The molecule has 2 N–H and O–H groups in total. The minimum atomic E-state index is -0.273. The fourth-order valence-electron chi connectivity index (χ4n) is 3.81. The number of carbonyl (C=O) groups excluding carboxylic acids is 1. The summed E-state index contributed by atoms with van der Waals surface area (Å²) in [5.74, 6) is -0.342. The number of nitrogens with zero attached hydrogens (tertiary/aromatic N) is 2. The lowest BCUT2D eigenvalue weighted by Crippen LogP contribution is -2.51. The maximum atomic E-state index is 13.2. The molecule has 0 radical (unpaired) electrons. The number of benzene rings is 2. The third-order valence-corrected chi connectivity index (χ3v) is 5.53. The van der Waals surface area contributed by atoms with Crippen LogP contribution in [0.25, 0.3) is 0 Å². The Hall–Kier alpha value is -2.15. The third kappa shape index (κ3) is 3.93. The number of halogens is 2. The van der Waals surface area contributed by atoms with Crippen LogP contribution in [-0.4, -0.2) is 43.5 Å². The third-order valence-electron chi connectivity index (χ3n) is 5.29. The number of carbonyl (C=O) groups is 1. The first kappa shape index (κ1) is 18.2. The standard InChI is InChI=1S/C20H22ClFN4O/c21-15-2-1-3-17(12-15)25-8-10-26(11-9-25)20(27)18-13-23-24-19(18)14-4-6-16(22)7-5-14/h1-7,12,18-19,23-24H,8-11,13H2. The van der Waals surface area contributed by atoms with Crippen LogP contribution in [0.5, 0.6) is 0 Å². The molecule has 0 aliphatic carbocycles. The maximum Gasteiger partial charge on any atom is 0.229 e. The Bertz CT molecular complexity index is 808. The van der Waals surface area contributed by atoms with Crippen LogP contribution < -0.4 is 15.8 Å². The molecule has 2 aliphatic rings. The summed E-state index contributed by atoms with van der Waals surface area (Å²) < 4.78 is 13.2. The Balaban J connectivity index is 1.40. The summed E-state index contributed by atoms with van der Waals surface area (Å²) in [5.41, 5.74) is 8.24. The summed E-state index contributed by atoms with van der Waals surface area (Å²) in [6, 6.07) is 14.0. The second kappa shape index (κ2) is 7.84. The topological polar surface area (TPSA) is 47.6 Å². The molecule has 0 spiro atoms. The number of hydrogen-bond acceptors (Lipinski definition) is 4. The van der Waals surface area contributed by atoms with E-state index in [0.717, 1.165) is 29.4 Å². The molecule has 2 aromatic rings. The molecule has 2 unspecified atom stereocenters. The molecule has 2 saturated heterocycles. The Morgan fingerprint density at radius 2 is 1.81 bits per heavy atom. The summed E-state index contributed by atoms with van der Waals surface area (Å²) >= 11 is 6.08. The molecule has 5 nitrogen and oxygen atoms in total. The van der Waals surface area contributed by atoms with Gasteiger partial charge in [-0.3, -0.25) is 10.2 Å². The van der Waals surface area contributed by atoms with Gasteiger partial charge >= 0.3 is 0 Å². The van der Waals surface area contributed by atoms with Crippen LogP contribution in [-0.2, 0) is 4.79 Å². The molecule has 1 amide bonds. The molecule has 2 heterocycles. The van der Waals surface area contributed by atoms with E-state index in [2.05, 4.69) is 15.8 Å². The van der Waals surface area contributed by atoms with Crippen LogP contribution in [0.4, 0.5) is 10.1 Å². The molecule has 27 heavy (non-hydrogen) atoms. The van der Waals surface area contributed by atoms with Crippen LogP contribution >= 0.6 is 11.6 Å². The van der Waals surface area contributed by atoms with E-state index in [9.17, 15) is 9.18 Å². The quantitative estimate of drug-likeness (QED) is 0.848. The predicted octanol–water partition coefficient (Wildman–Crippen LogP) is 2.59. The van der Waals surface area contributed by atoms with E-state index in [1.54, 1.807) is 12.1 Å². The largest absolute Gasteiger partial charge is 0.368 e. The number of rotatable bonds is 3. The highest BCUT2D eigenvalue weighted by Gasteiger charge is 2.37. The van der Waals surface area contributed by atoms with Gasteiger partial charge in [0, 0.05) is 43.4 Å². The van der Waals surface area contributed by atoms with Gasteiger partial charge in [-0.2, -0.15) is 0 Å². The molecule has 0 aromatic heterocycles. The number of piperazine rings is 1. The van der Waals surface area contributed by atoms with Crippen LogP contribution in [0.1, 0.15) is 11.6 Å². The van der Waals surface area contributed by atoms with Gasteiger partial charge in [-0.25, -0.2) is 9.82 Å². The molecule has 0 saturated carbocycles. The molecule has 0 bridgehead atoms. The van der Waals surface area contributed by atoms with Crippen molar-refractivity contribution in [3.63, 3.8) is 0 Å². The first-order chi connectivity index (χ1) is 13.1. The van der Waals surface area contributed by atoms with E-state index in [-0.39, 0.29) is 23.7 Å². The molecule has 7 heteroatoms. The zero-order chi connectivity index (χ0) is 18.8. The lowest BCUT2D eigenvalue weighted by molar-refractivity contribution is -0.135. The minimum Gasteiger partial charge on any atom is -0.368 e. The second-order valence-electron chi connectivity index (χ2n) is 6.95. The molecule has 142 valence electrons. The van der Waals surface area contributed by atoms with Gasteiger partial charge in [0.15, 0.2) is 0 Å². The van der Waals surface area contributed by atoms with Crippen LogP contribution in [0.2, 0.25) is 5.02 Å². The van der Waals surface area contributed by atoms with E-state index < -0.39 is 0 Å². The normalized spacial score (nSPS) is 22.9. The van der Waals surface area contributed by atoms with E-state index >= 15 is 0 Å². The first-order valence-corrected chi connectivity index (χ1v) is 9.53. The molecule has 2 aliphatic heterocycles. The predicted molar refractivity (Wildman–Crippen MR) is 104 cm³/mol. The molecular formula is C20H22ClFN4O. The monoisotopic (exact) mass is 388 g/mol. The SMILES string of the molecule is O=C(C1CNNC1c1ccc(F)cc1)N1CCN(c2cccc(Cl)c2)CC1. The maximum absolute atomic E-state index is 13.2. The van der Waals surface area contributed by atoms with Crippen molar-refractivity contribution in [2.75, 3.05) is 37.6 Å². The van der Waals surface area contributed by atoms with Crippen molar-refractivity contribution in [2.45, 2.75) is 6.04 Å². The van der Waals surface area contributed by atoms with Crippen LogP contribution in [0.15, 0.2) is 48.5 Å². The molecule has 4 rings (SSSR count). The fraction of sp³-hybridized carbons (Fsp3) is 0.350. The average Bonchev–Trinajstić information content (AvgIpc) is 3.18. The number of hydrogen-bond donors (Lipinski definition) is 2. The van der Waals surface area contributed by atoms with E-state index in [1.807, 2.05) is 29.2 Å². The summed E-state index contributed by atoms with van der Waals surface area (Å²) in [6.07, 6.45) is 0. The van der Waals surface area contributed by atoms with Gasteiger partial charge < -0.3 is 9.80 Å². The highest BCUT2D eigenvalue weighted by molar-refractivity contribution is 6.30. The minimum absolute atomic E-state index is 0.132. The molecule has 2 fully saturated rings. The number of amides is 1. The Labute approximate surface area is 163 Å². The van der Waals surface area contributed by atoms with Gasteiger partial charge in [0.25, 0.3) is 0 Å². The zero-order valence-corrected chi connectivity index (χ0v) is 15.6. The van der Waals surface area contributed by atoms with Crippen molar-refractivity contribution in [2.24, 2.45) is 5.92 Å². The van der Waals surface area contributed by atoms with Gasteiger partial charge in [0.05, 0.1) is 12.0 Å². The van der Waals surface area contributed by atoms with Crippen LogP contribution in [0, 0.1) is 11.7 Å². The number of anilines is 1. The average molecular weight is 389 g/mol. The fourth-order valence-corrected chi connectivity index (χ4v) is 3.99. The van der Waals surface area contributed by atoms with E-state index in [0.29, 0.717) is 19.6 Å². The van der Waals surface area contributed by atoms with Crippen molar-refractivity contribution < 1.29 is 9.18 Å². The van der Waals surface area contributed by atoms with Gasteiger partial charge in [-0.15, -0.1) is 0 Å². The number of hydrazine groups is 1. The Morgan fingerprint density at radius 1 is 1.07 bits per heavy atom. The lowest BCUT2D eigenvalue weighted by Gasteiger charge is -2.37. The summed E-state index contributed by atoms with van der Waals surface area (Å²) in [6.45, 7) is 3.48. The Kier molecular flexibility index (Phi) is 5.29. The van der Waals surface area contributed by atoms with E-state index in [4.69, 9.17) is 11.6 Å². The first-order valence-electron chi connectivity index (χ1n) is 9.15. The lowest BCUT2D eigenvalue weighted by atomic mass is 9.93.